The number of rotatable bonds is 3. The third kappa shape index (κ3) is 5.10. The van der Waals surface area contributed by atoms with Crippen molar-refractivity contribution in [1.82, 2.24) is 5.32 Å². The molecule has 23 heavy (non-hydrogen) atoms. The minimum Gasteiger partial charge on any atom is -0.393 e. The van der Waals surface area contributed by atoms with Crippen LogP contribution >= 0.6 is 0 Å². The van der Waals surface area contributed by atoms with Crippen LogP contribution in [0.4, 0.5) is 13.2 Å². The van der Waals surface area contributed by atoms with Gasteiger partial charge in [0.1, 0.15) is 0 Å². The molecule has 1 aromatic carbocycles. The van der Waals surface area contributed by atoms with Crippen LogP contribution in [0.2, 0.25) is 0 Å². The number of benzene rings is 1. The molecular weight excluding hydrogens is 307 g/mol. The molecule has 1 aliphatic carbocycles. The van der Waals surface area contributed by atoms with Gasteiger partial charge in [-0.15, -0.1) is 0 Å². The lowest BCUT2D eigenvalue weighted by molar-refractivity contribution is -0.137. The van der Waals surface area contributed by atoms with Crippen LogP contribution in [0.15, 0.2) is 30.3 Å². The number of amides is 1. The number of hydrogen-bond donors (Lipinski definition) is 2. The lowest BCUT2D eigenvalue weighted by Crippen LogP contribution is -2.37. The largest absolute Gasteiger partial charge is 0.416 e. The molecule has 1 amide bonds. The van der Waals surface area contributed by atoms with Crippen LogP contribution in [0.25, 0.3) is 5.57 Å². The highest BCUT2D eigenvalue weighted by Crippen LogP contribution is 2.30. The van der Waals surface area contributed by atoms with Crippen LogP contribution in [0.1, 0.15) is 43.7 Å². The Bertz CT molecular complexity index is 570. The quantitative estimate of drug-likeness (QED) is 0.835. The van der Waals surface area contributed by atoms with Crippen molar-refractivity contribution in [3.8, 4) is 0 Å². The van der Waals surface area contributed by atoms with E-state index in [1.807, 2.05) is 0 Å². The Morgan fingerprint density at radius 2 is 1.74 bits per heavy atom. The van der Waals surface area contributed by atoms with E-state index in [0.29, 0.717) is 24.0 Å². The Labute approximate surface area is 133 Å². The van der Waals surface area contributed by atoms with E-state index in [-0.39, 0.29) is 18.1 Å². The highest BCUT2D eigenvalue weighted by atomic mass is 19.4. The molecule has 1 fully saturated rings. The van der Waals surface area contributed by atoms with Gasteiger partial charge in [0, 0.05) is 12.1 Å². The Hall–Kier alpha value is -1.82. The van der Waals surface area contributed by atoms with E-state index in [2.05, 4.69) is 5.32 Å². The van der Waals surface area contributed by atoms with Crippen molar-refractivity contribution >= 4 is 11.5 Å². The predicted octanol–water partition coefficient (Wildman–Crippen LogP) is 3.53. The highest BCUT2D eigenvalue weighted by Gasteiger charge is 2.30. The molecule has 2 N–H and O–H groups in total. The zero-order valence-electron chi connectivity index (χ0n) is 12.9. The first kappa shape index (κ1) is 17.5. The van der Waals surface area contributed by atoms with E-state index in [0.717, 1.165) is 25.0 Å². The summed E-state index contributed by atoms with van der Waals surface area (Å²) in [7, 11) is 0. The summed E-state index contributed by atoms with van der Waals surface area (Å²) in [5, 5.41) is 12.3. The minimum absolute atomic E-state index is 0.0440. The maximum atomic E-state index is 12.5. The van der Waals surface area contributed by atoms with Crippen LogP contribution in [0.5, 0.6) is 0 Å². The Balaban J connectivity index is 1.97. The van der Waals surface area contributed by atoms with Crippen LogP contribution in [0, 0.1) is 0 Å². The van der Waals surface area contributed by atoms with E-state index < -0.39 is 11.7 Å². The summed E-state index contributed by atoms with van der Waals surface area (Å²) in [6, 6.07) is 4.78. The first-order valence-corrected chi connectivity index (χ1v) is 7.60. The average molecular weight is 327 g/mol. The fraction of sp³-hybridized carbons (Fsp3) is 0.471. The summed E-state index contributed by atoms with van der Waals surface area (Å²) in [6.07, 6.45) is -0.432. The number of aliphatic hydroxyl groups is 1. The van der Waals surface area contributed by atoms with Gasteiger partial charge < -0.3 is 10.4 Å². The van der Waals surface area contributed by atoms with Crippen molar-refractivity contribution < 1.29 is 23.1 Å². The molecule has 1 aromatic rings. The average Bonchev–Trinajstić information content (AvgIpc) is 2.49. The third-order valence-electron chi connectivity index (χ3n) is 4.06. The van der Waals surface area contributed by atoms with Crippen LogP contribution < -0.4 is 5.32 Å². The molecule has 0 saturated heterocycles. The smallest absolute Gasteiger partial charge is 0.393 e. The zero-order valence-corrected chi connectivity index (χ0v) is 12.9. The second-order valence-electron chi connectivity index (χ2n) is 5.92. The van der Waals surface area contributed by atoms with Gasteiger partial charge in [0.15, 0.2) is 0 Å². The van der Waals surface area contributed by atoms with Crippen molar-refractivity contribution in [2.75, 3.05) is 0 Å². The van der Waals surface area contributed by atoms with Crippen molar-refractivity contribution in [2.24, 2.45) is 0 Å². The molecule has 1 saturated carbocycles. The van der Waals surface area contributed by atoms with Gasteiger partial charge in [0.2, 0.25) is 5.91 Å². The van der Waals surface area contributed by atoms with E-state index in [1.54, 1.807) is 6.92 Å². The summed E-state index contributed by atoms with van der Waals surface area (Å²) < 4.78 is 37.6. The fourth-order valence-electron chi connectivity index (χ4n) is 2.67. The van der Waals surface area contributed by atoms with Crippen molar-refractivity contribution in [1.29, 1.82) is 0 Å². The second-order valence-corrected chi connectivity index (χ2v) is 5.92. The molecule has 6 heteroatoms. The van der Waals surface area contributed by atoms with Gasteiger partial charge in [-0.2, -0.15) is 13.2 Å². The molecule has 0 atom stereocenters. The molecule has 0 heterocycles. The Morgan fingerprint density at radius 3 is 2.26 bits per heavy atom. The van der Waals surface area contributed by atoms with Gasteiger partial charge in [0.05, 0.1) is 11.7 Å². The summed E-state index contributed by atoms with van der Waals surface area (Å²) in [5.74, 6) is -0.260. The third-order valence-corrected chi connectivity index (χ3v) is 4.06. The Morgan fingerprint density at radius 1 is 1.17 bits per heavy atom. The number of carbonyl (C=O) groups excluding carboxylic acids is 1. The van der Waals surface area contributed by atoms with Gasteiger partial charge in [-0.05, 0) is 55.9 Å². The molecule has 0 aliphatic heterocycles. The summed E-state index contributed by atoms with van der Waals surface area (Å²) >= 11 is 0. The van der Waals surface area contributed by atoms with Crippen LogP contribution in [-0.2, 0) is 11.0 Å². The maximum Gasteiger partial charge on any atom is 0.416 e. The standard InChI is InChI=1S/C17H20F3NO2/c1-11(12-2-4-13(5-3-12)17(18,19)20)10-16(23)21-14-6-8-15(22)9-7-14/h2-5,10,14-15,22H,6-9H2,1H3,(H,21,23). The highest BCUT2D eigenvalue weighted by molar-refractivity contribution is 5.95. The van der Waals surface area contributed by atoms with Crippen molar-refractivity contribution in [2.45, 2.75) is 50.9 Å². The molecule has 0 unspecified atom stereocenters. The summed E-state index contributed by atoms with van der Waals surface area (Å²) in [6.45, 7) is 1.69. The van der Waals surface area contributed by atoms with Crippen molar-refractivity contribution in [3.63, 3.8) is 0 Å². The number of halogens is 3. The predicted molar refractivity (Wildman–Crippen MR) is 81.5 cm³/mol. The molecule has 126 valence electrons. The maximum absolute atomic E-state index is 12.5. The molecule has 3 nitrogen and oxygen atoms in total. The first-order chi connectivity index (χ1) is 10.8. The number of aliphatic hydroxyl groups excluding tert-OH is 1. The van der Waals surface area contributed by atoms with Gasteiger partial charge in [0.25, 0.3) is 0 Å². The number of carbonyl (C=O) groups is 1. The van der Waals surface area contributed by atoms with E-state index >= 15 is 0 Å². The lowest BCUT2D eigenvalue weighted by atomic mass is 9.93. The van der Waals surface area contributed by atoms with E-state index in [9.17, 15) is 23.1 Å². The fourth-order valence-corrected chi connectivity index (χ4v) is 2.67. The van der Waals surface area contributed by atoms with Gasteiger partial charge >= 0.3 is 6.18 Å². The first-order valence-electron chi connectivity index (χ1n) is 7.60. The monoisotopic (exact) mass is 327 g/mol. The SMILES string of the molecule is CC(=CC(=O)NC1CCC(O)CC1)c1ccc(C(F)(F)F)cc1. The number of hydrogen-bond acceptors (Lipinski definition) is 2. The second kappa shape index (κ2) is 7.17. The molecule has 1 aliphatic rings. The van der Waals surface area contributed by atoms with Gasteiger partial charge in [-0.1, -0.05) is 12.1 Å². The number of nitrogens with one attached hydrogen (secondary N) is 1. The summed E-state index contributed by atoms with van der Waals surface area (Å²) in [4.78, 5) is 12.0. The van der Waals surface area contributed by atoms with E-state index in [1.165, 1.54) is 18.2 Å². The van der Waals surface area contributed by atoms with Gasteiger partial charge in [-0.3, -0.25) is 4.79 Å². The lowest BCUT2D eigenvalue weighted by Gasteiger charge is -2.25. The van der Waals surface area contributed by atoms with Crippen LogP contribution in [-0.4, -0.2) is 23.2 Å². The number of allylic oxidation sites excluding steroid dienone is 1. The van der Waals surface area contributed by atoms with Crippen LogP contribution in [0.3, 0.4) is 0 Å². The zero-order chi connectivity index (χ0) is 17.0. The molecule has 0 aromatic heterocycles. The topological polar surface area (TPSA) is 49.3 Å². The van der Waals surface area contributed by atoms with Gasteiger partial charge in [-0.25, -0.2) is 0 Å². The molecule has 0 spiro atoms. The molecule has 0 radical (unpaired) electrons. The van der Waals surface area contributed by atoms with Crippen molar-refractivity contribution in [3.05, 3.63) is 41.5 Å². The number of alkyl halides is 3. The minimum atomic E-state index is -4.36. The molecule has 0 bridgehead atoms. The normalized spacial score (nSPS) is 22.7. The molecular formula is C17H20F3NO2. The Kier molecular flexibility index (Phi) is 5.46. The summed E-state index contributed by atoms with van der Waals surface area (Å²) in [5.41, 5.74) is 0.471. The molecule has 2 rings (SSSR count). The van der Waals surface area contributed by atoms with E-state index in [4.69, 9.17) is 0 Å².